The first-order valence-corrected chi connectivity index (χ1v) is 1.55. The van der Waals surface area contributed by atoms with E-state index in [1.54, 1.807) is 0 Å². The van der Waals surface area contributed by atoms with Gasteiger partial charge in [0, 0.05) is 0 Å². The molecule has 0 aromatic heterocycles. The van der Waals surface area contributed by atoms with E-state index in [1.807, 2.05) is 0 Å². The number of hydrogen-bond acceptors (Lipinski definition) is 6. The van der Waals surface area contributed by atoms with Crippen LogP contribution in [0.15, 0.2) is 0 Å². The molecule has 0 unspecified atom stereocenters. The van der Waals surface area contributed by atoms with Gasteiger partial charge in [-0.25, -0.2) is 0 Å². The average Bonchev–Trinajstić information content (AvgIpc) is 1.25. The molecule has 10 heteroatoms. The van der Waals surface area contributed by atoms with Gasteiger partial charge < -0.3 is 30.1 Å². The first-order valence-electron chi connectivity index (χ1n) is 1.55. The van der Waals surface area contributed by atoms with E-state index in [9.17, 15) is 0 Å². The van der Waals surface area contributed by atoms with Crippen LogP contribution in [0.25, 0.3) is 0 Å². The summed E-state index contributed by atoms with van der Waals surface area (Å²) in [7, 11) is -4.33. The Morgan fingerprint density at radius 2 is 0.600 bits per heavy atom. The van der Waals surface area contributed by atoms with Gasteiger partial charge in [0.05, 0.1) is 0 Å². The molecule has 0 radical (unpaired) electrons. The summed E-state index contributed by atoms with van der Waals surface area (Å²) < 4.78 is 0. The zero-order valence-electron chi connectivity index (χ0n) is 3.84. The van der Waals surface area contributed by atoms with Crippen LogP contribution in [-0.4, -0.2) is 126 Å². The van der Waals surface area contributed by atoms with Crippen molar-refractivity contribution in [3.05, 3.63) is 0 Å². The Balaban J connectivity index is -0.0000000300. The molecule has 0 aliphatic heterocycles. The van der Waals surface area contributed by atoms with Crippen molar-refractivity contribution in [2.24, 2.45) is 0 Å². The molecule has 0 aliphatic carbocycles. The van der Waals surface area contributed by atoms with Gasteiger partial charge in [-0.05, 0) is 0 Å². The molecule has 0 saturated carbocycles. The van der Waals surface area contributed by atoms with E-state index < -0.39 is 14.6 Å². The summed E-state index contributed by atoms with van der Waals surface area (Å²) in [6.07, 6.45) is 0. The van der Waals surface area contributed by atoms with Gasteiger partial charge in [0.15, 0.2) is 0 Å². The minimum atomic E-state index is -2.17. The SMILES string of the molecule is OB(O)O.OB(O)O.[KH].[NaH]. The average molecular weight is 188 g/mol. The van der Waals surface area contributed by atoms with Crippen LogP contribution in [0.3, 0.4) is 0 Å². The van der Waals surface area contributed by atoms with Crippen LogP contribution in [0.5, 0.6) is 0 Å². The third-order valence-electron chi connectivity index (χ3n) is 0. The Bertz CT molecular complexity index is 31.2. The van der Waals surface area contributed by atoms with Crippen molar-refractivity contribution in [1.82, 2.24) is 0 Å². The first kappa shape index (κ1) is 22.9. The second kappa shape index (κ2) is 17.6. The summed E-state index contributed by atoms with van der Waals surface area (Å²) in [5, 5.41) is 43.0. The Hall–Kier alpha value is 2.53. The fourth-order valence-corrected chi connectivity index (χ4v) is 0. The van der Waals surface area contributed by atoms with Crippen LogP contribution >= 0.6 is 0 Å². The molecule has 0 bridgehead atoms. The fraction of sp³-hybridized carbons (Fsp3) is 0. The van der Waals surface area contributed by atoms with Gasteiger partial charge in [0.2, 0.25) is 0 Å². The van der Waals surface area contributed by atoms with Crippen molar-refractivity contribution in [2.45, 2.75) is 0 Å². The summed E-state index contributed by atoms with van der Waals surface area (Å²) in [6, 6.07) is 0. The summed E-state index contributed by atoms with van der Waals surface area (Å²) in [6.45, 7) is 0. The maximum atomic E-state index is 7.17. The standard InChI is InChI=1S/2BH3O3.K.Na.2H/c2*2-1(3)4;;;;/h2*2-4H;;;;. The zero-order chi connectivity index (χ0) is 7.15. The van der Waals surface area contributed by atoms with E-state index in [1.165, 1.54) is 0 Å². The van der Waals surface area contributed by atoms with Gasteiger partial charge in [-0.15, -0.1) is 0 Å². The molecule has 0 heterocycles. The molecular formula is H8B2KNaO6. The third kappa shape index (κ3) is 150. The molecule has 0 rings (SSSR count). The van der Waals surface area contributed by atoms with Gasteiger partial charge in [-0.2, -0.15) is 0 Å². The normalized spacial score (nSPS) is 5.40. The van der Waals surface area contributed by atoms with E-state index in [-0.39, 0.29) is 80.9 Å². The Labute approximate surface area is 123 Å². The van der Waals surface area contributed by atoms with Gasteiger partial charge in [0.25, 0.3) is 0 Å². The molecule has 0 atom stereocenters. The molecule has 10 heavy (non-hydrogen) atoms. The second-order valence-electron chi connectivity index (χ2n) is 0.693. The Kier molecular flexibility index (Phi) is 40.2. The monoisotopic (exact) mass is 188 g/mol. The second-order valence-corrected chi connectivity index (χ2v) is 0.693. The van der Waals surface area contributed by atoms with Crippen LogP contribution in [0.2, 0.25) is 0 Å². The van der Waals surface area contributed by atoms with Gasteiger partial charge in [-0.1, -0.05) is 0 Å². The Morgan fingerprint density at radius 1 is 0.600 bits per heavy atom. The molecule has 0 aliphatic rings. The Morgan fingerprint density at radius 3 is 0.600 bits per heavy atom. The summed E-state index contributed by atoms with van der Waals surface area (Å²) in [4.78, 5) is 0. The zero-order valence-corrected chi connectivity index (χ0v) is 3.84. The van der Waals surface area contributed by atoms with Crippen molar-refractivity contribution in [3.8, 4) is 0 Å². The van der Waals surface area contributed by atoms with Crippen molar-refractivity contribution >= 4 is 95.6 Å². The summed E-state index contributed by atoms with van der Waals surface area (Å²) in [5.41, 5.74) is 0. The minimum absolute atomic E-state index is 0. The van der Waals surface area contributed by atoms with E-state index in [4.69, 9.17) is 30.1 Å². The predicted octanol–water partition coefficient (Wildman–Crippen LogP) is -5.40. The molecule has 0 amide bonds. The number of hydrogen-bond donors (Lipinski definition) is 6. The van der Waals surface area contributed by atoms with Crippen LogP contribution in [0, 0.1) is 0 Å². The van der Waals surface area contributed by atoms with Crippen LogP contribution in [-0.2, 0) is 0 Å². The summed E-state index contributed by atoms with van der Waals surface area (Å²) in [5.74, 6) is 0. The third-order valence-corrected chi connectivity index (χ3v) is 0. The molecule has 0 aromatic rings. The number of rotatable bonds is 0. The van der Waals surface area contributed by atoms with Crippen LogP contribution < -0.4 is 0 Å². The topological polar surface area (TPSA) is 121 Å². The molecule has 0 saturated heterocycles. The van der Waals surface area contributed by atoms with Crippen molar-refractivity contribution in [2.75, 3.05) is 0 Å². The van der Waals surface area contributed by atoms with E-state index in [0.29, 0.717) is 0 Å². The van der Waals surface area contributed by atoms with Crippen LogP contribution in [0.4, 0.5) is 0 Å². The fourth-order valence-electron chi connectivity index (χ4n) is 0. The molecule has 0 aromatic carbocycles. The van der Waals surface area contributed by atoms with Crippen molar-refractivity contribution in [3.63, 3.8) is 0 Å². The van der Waals surface area contributed by atoms with Crippen molar-refractivity contribution in [1.29, 1.82) is 0 Å². The maximum absolute atomic E-state index is 7.17. The van der Waals surface area contributed by atoms with Gasteiger partial charge >= 0.3 is 95.6 Å². The van der Waals surface area contributed by atoms with E-state index in [0.717, 1.165) is 0 Å². The van der Waals surface area contributed by atoms with Crippen LogP contribution in [0.1, 0.15) is 0 Å². The predicted molar refractivity (Wildman–Crippen MR) is 39.1 cm³/mol. The quantitative estimate of drug-likeness (QED) is 0.211. The summed E-state index contributed by atoms with van der Waals surface area (Å²) >= 11 is 0. The van der Waals surface area contributed by atoms with E-state index >= 15 is 0 Å². The molecule has 6 N–H and O–H groups in total. The van der Waals surface area contributed by atoms with E-state index in [2.05, 4.69) is 0 Å². The molecular weight excluding hydrogens is 180 g/mol. The molecule has 0 spiro atoms. The van der Waals surface area contributed by atoms with Gasteiger partial charge in [0.1, 0.15) is 0 Å². The molecule has 52 valence electrons. The van der Waals surface area contributed by atoms with Gasteiger partial charge in [-0.3, -0.25) is 0 Å². The molecule has 6 nitrogen and oxygen atoms in total. The van der Waals surface area contributed by atoms with Crippen molar-refractivity contribution < 1.29 is 30.1 Å². The first-order chi connectivity index (χ1) is 3.46. The molecule has 0 fully saturated rings.